The predicted molar refractivity (Wildman–Crippen MR) is 67.3 cm³/mol. The molecule has 0 bridgehead atoms. The van der Waals surface area contributed by atoms with Gasteiger partial charge in [-0.05, 0) is 19.8 Å². The number of fused-ring (bicyclic) bond motifs is 1. The highest BCUT2D eigenvalue weighted by molar-refractivity contribution is 5.16. The Morgan fingerprint density at radius 2 is 2.00 bits per heavy atom. The van der Waals surface area contributed by atoms with E-state index in [-0.39, 0.29) is 5.69 Å². The van der Waals surface area contributed by atoms with Gasteiger partial charge >= 0.3 is 5.69 Å². The number of imidazole rings is 1. The van der Waals surface area contributed by atoms with Crippen LogP contribution in [0.3, 0.4) is 0 Å². The summed E-state index contributed by atoms with van der Waals surface area (Å²) in [6, 6.07) is 0.453. The summed E-state index contributed by atoms with van der Waals surface area (Å²) >= 11 is 0. The van der Waals surface area contributed by atoms with Crippen LogP contribution in [0.5, 0.6) is 0 Å². The second-order valence-corrected chi connectivity index (χ2v) is 5.30. The molecule has 3 rings (SSSR count). The van der Waals surface area contributed by atoms with Gasteiger partial charge in [0.15, 0.2) is 0 Å². The van der Waals surface area contributed by atoms with E-state index in [4.69, 9.17) is 0 Å². The Hall–Kier alpha value is -1.03. The average molecular weight is 235 g/mol. The van der Waals surface area contributed by atoms with Crippen LogP contribution >= 0.6 is 0 Å². The van der Waals surface area contributed by atoms with Crippen molar-refractivity contribution in [1.82, 2.24) is 14.5 Å². The van der Waals surface area contributed by atoms with Gasteiger partial charge in [0.25, 0.3) is 0 Å². The van der Waals surface area contributed by atoms with Crippen LogP contribution in [-0.4, -0.2) is 15.7 Å². The fraction of sp³-hybridized carbons (Fsp3) is 0.769. The van der Waals surface area contributed by atoms with Crippen molar-refractivity contribution in [3.63, 3.8) is 0 Å². The molecule has 0 radical (unpaired) electrons. The third kappa shape index (κ3) is 1.75. The van der Waals surface area contributed by atoms with E-state index in [1.54, 1.807) is 0 Å². The van der Waals surface area contributed by atoms with Crippen molar-refractivity contribution in [2.75, 3.05) is 6.54 Å². The molecule has 0 spiro atoms. The fourth-order valence-electron chi connectivity index (χ4n) is 3.34. The first-order valence-corrected chi connectivity index (χ1v) is 6.80. The highest BCUT2D eigenvalue weighted by atomic mass is 16.1. The van der Waals surface area contributed by atoms with Gasteiger partial charge in [0.2, 0.25) is 0 Å². The highest BCUT2D eigenvalue weighted by Gasteiger charge is 2.24. The number of nitrogens with one attached hydrogen (secondary N) is 1. The van der Waals surface area contributed by atoms with Crippen molar-refractivity contribution >= 4 is 0 Å². The topological polar surface area (TPSA) is 39.0 Å². The molecule has 1 aromatic heterocycles. The minimum Gasteiger partial charge on any atom is -0.309 e. The Morgan fingerprint density at radius 1 is 1.24 bits per heavy atom. The van der Waals surface area contributed by atoms with Crippen LogP contribution in [0.4, 0.5) is 0 Å². The van der Waals surface area contributed by atoms with Crippen LogP contribution in [0.15, 0.2) is 4.79 Å². The maximum absolute atomic E-state index is 12.4. The lowest BCUT2D eigenvalue weighted by molar-refractivity contribution is 0.339. The molecule has 2 heterocycles. The van der Waals surface area contributed by atoms with Gasteiger partial charge in [0.05, 0.1) is 5.69 Å². The summed E-state index contributed by atoms with van der Waals surface area (Å²) in [7, 11) is 0. The summed E-state index contributed by atoms with van der Waals surface area (Å²) in [5, 5.41) is 3.35. The standard InChI is InChI=1S/C13H21N3O/c1-10-12-9-14-7-8-15(12)13(17)16(10)11-5-3-2-4-6-11/h11,14H,2-9H2,1H3. The Bertz CT molecular complexity index is 466. The molecular formula is C13H21N3O. The summed E-state index contributed by atoms with van der Waals surface area (Å²) in [6.07, 6.45) is 6.24. The van der Waals surface area contributed by atoms with Crippen molar-refractivity contribution in [3.05, 3.63) is 21.9 Å². The van der Waals surface area contributed by atoms with E-state index in [0.717, 1.165) is 19.6 Å². The molecule has 1 aromatic rings. The SMILES string of the molecule is Cc1c2n(c(=O)n1C1CCCCC1)CCNC2. The molecule has 0 saturated heterocycles. The summed E-state index contributed by atoms with van der Waals surface area (Å²) < 4.78 is 4.04. The molecule has 17 heavy (non-hydrogen) atoms. The molecule has 0 amide bonds. The molecule has 94 valence electrons. The van der Waals surface area contributed by atoms with Crippen molar-refractivity contribution in [2.24, 2.45) is 0 Å². The van der Waals surface area contributed by atoms with Gasteiger partial charge in [-0.25, -0.2) is 4.79 Å². The minimum absolute atomic E-state index is 0.228. The Kier molecular flexibility index (Phi) is 2.82. The Labute approximate surface area is 102 Å². The van der Waals surface area contributed by atoms with E-state index < -0.39 is 0 Å². The molecule has 0 atom stereocenters. The molecule has 0 unspecified atom stereocenters. The number of hydrogen-bond acceptors (Lipinski definition) is 2. The van der Waals surface area contributed by atoms with E-state index in [1.807, 2.05) is 4.57 Å². The first-order valence-electron chi connectivity index (χ1n) is 6.80. The van der Waals surface area contributed by atoms with Gasteiger partial charge in [0.1, 0.15) is 0 Å². The molecule has 1 aliphatic heterocycles. The summed E-state index contributed by atoms with van der Waals surface area (Å²) in [5.74, 6) is 0. The smallest absolute Gasteiger partial charge is 0.309 e. The molecule has 0 aromatic carbocycles. The number of nitrogens with zero attached hydrogens (tertiary/aromatic N) is 2. The molecule has 1 N–H and O–H groups in total. The summed E-state index contributed by atoms with van der Waals surface area (Å²) in [5.41, 5.74) is 2.62. The van der Waals surface area contributed by atoms with Crippen molar-refractivity contribution in [1.29, 1.82) is 0 Å². The number of hydrogen-bond donors (Lipinski definition) is 1. The summed E-state index contributed by atoms with van der Waals surface area (Å²) in [6.45, 7) is 4.70. The van der Waals surface area contributed by atoms with Crippen LogP contribution in [0.2, 0.25) is 0 Å². The van der Waals surface area contributed by atoms with E-state index in [1.165, 1.54) is 43.5 Å². The highest BCUT2D eigenvalue weighted by Crippen LogP contribution is 2.29. The van der Waals surface area contributed by atoms with Crippen LogP contribution in [0, 0.1) is 6.92 Å². The Morgan fingerprint density at radius 3 is 2.71 bits per heavy atom. The van der Waals surface area contributed by atoms with Gasteiger partial charge in [-0.3, -0.25) is 9.13 Å². The van der Waals surface area contributed by atoms with Crippen molar-refractivity contribution < 1.29 is 0 Å². The van der Waals surface area contributed by atoms with E-state index in [2.05, 4.69) is 16.8 Å². The van der Waals surface area contributed by atoms with Gasteiger partial charge in [0, 0.05) is 31.4 Å². The molecule has 1 aliphatic carbocycles. The second kappa shape index (κ2) is 4.33. The van der Waals surface area contributed by atoms with E-state index in [9.17, 15) is 4.79 Å². The first kappa shape index (κ1) is 11.1. The third-order valence-electron chi connectivity index (χ3n) is 4.29. The van der Waals surface area contributed by atoms with Crippen LogP contribution in [0.1, 0.15) is 49.5 Å². The van der Waals surface area contributed by atoms with Gasteiger partial charge in [-0.1, -0.05) is 19.3 Å². The van der Waals surface area contributed by atoms with E-state index >= 15 is 0 Å². The zero-order chi connectivity index (χ0) is 11.8. The molecule has 4 nitrogen and oxygen atoms in total. The van der Waals surface area contributed by atoms with Gasteiger partial charge in [-0.2, -0.15) is 0 Å². The van der Waals surface area contributed by atoms with Crippen molar-refractivity contribution in [2.45, 2.75) is 58.2 Å². The third-order valence-corrected chi connectivity index (χ3v) is 4.29. The lowest BCUT2D eigenvalue weighted by atomic mass is 9.95. The lowest BCUT2D eigenvalue weighted by Crippen LogP contribution is -2.35. The zero-order valence-electron chi connectivity index (χ0n) is 10.5. The lowest BCUT2D eigenvalue weighted by Gasteiger charge is -2.23. The average Bonchev–Trinajstić information content (AvgIpc) is 2.64. The van der Waals surface area contributed by atoms with Crippen LogP contribution in [0.25, 0.3) is 0 Å². The van der Waals surface area contributed by atoms with Gasteiger partial charge in [-0.15, -0.1) is 0 Å². The molecule has 1 fully saturated rings. The quantitative estimate of drug-likeness (QED) is 0.802. The second-order valence-electron chi connectivity index (χ2n) is 5.30. The van der Waals surface area contributed by atoms with Crippen LogP contribution in [-0.2, 0) is 13.1 Å². The molecular weight excluding hydrogens is 214 g/mol. The normalized spacial score (nSPS) is 21.5. The monoisotopic (exact) mass is 235 g/mol. The predicted octanol–water partition coefficient (Wildman–Crippen LogP) is 1.57. The maximum atomic E-state index is 12.4. The molecule has 2 aliphatic rings. The molecule has 4 heteroatoms. The minimum atomic E-state index is 0.228. The van der Waals surface area contributed by atoms with Crippen molar-refractivity contribution in [3.8, 4) is 0 Å². The maximum Gasteiger partial charge on any atom is 0.328 e. The largest absolute Gasteiger partial charge is 0.328 e. The zero-order valence-corrected chi connectivity index (χ0v) is 10.5. The fourth-order valence-corrected chi connectivity index (χ4v) is 3.34. The number of rotatable bonds is 1. The first-order chi connectivity index (χ1) is 8.29. The van der Waals surface area contributed by atoms with E-state index in [0.29, 0.717) is 6.04 Å². The summed E-state index contributed by atoms with van der Waals surface area (Å²) in [4.78, 5) is 12.4. The van der Waals surface area contributed by atoms with Crippen LogP contribution < -0.4 is 11.0 Å². The van der Waals surface area contributed by atoms with Gasteiger partial charge < -0.3 is 5.32 Å². The molecule has 1 saturated carbocycles. The Balaban J connectivity index is 2.04. The number of aromatic nitrogens is 2.